The molecule has 4 heterocycles. The lowest BCUT2D eigenvalue weighted by atomic mass is 10.0. The Hall–Kier alpha value is -5.66. The summed E-state index contributed by atoms with van der Waals surface area (Å²) in [5.41, 5.74) is -1.71. The molecule has 0 N–H and O–H groups in total. The number of halogens is 6. The molecule has 0 saturated carbocycles. The normalized spacial score (nSPS) is 13.3. The number of oxazole rings is 2. The van der Waals surface area contributed by atoms with E-state index in [4.69, 9.17) is 17.7 Å². The van der Waals surface area contributed by atoms with E-state index in [0.29, 0.717) is 11.1 Å². The quantitative estimate of drug-likeness (QED) is 0.183. The van der Waals surface area contributed by atoms with Crippen molar-refractivity contribution >= 4 is 11.6 Å². The highest BCUT2D eigenvalue weighted by Crippen LogP contribution is 2.38. The van der Waals surface area contributed by atoms with Gasteiger partial charge in [0, 0.05) is 11.1 Å². The molecule has 0 amide bonds. The summed E-state index contributed by atoms with van der Waals surface area (Å²) in [7, 11) is 0. The molecule has 0 bridgehead atoms. The lowest BCUT2D eigenvalue weighted by molar-refractivity contribution is -0.138. The molecule has 8 nitrogen and oxygen atoms in total. The van der Waals surface area contributed by atoms with Crippen LogP contribution in [0.2, 0.25) is 0 Å². The fourth-order valence-corrected chi connectivity index (χ4v) is 4.54. The minimum Gasteiger partial charge on any atom is -0.451 e. The van der Waals surface area contributed by atoms with Crippen LogP contribution in [0, 0.1) is 0 Å². The number of alkyl halides is 6. The van der Waals surface area contributed by atoms with Gasteiger partial charge in [-0.2, -0.15) is 26.3 Å². The summed E-state index contributed by atoms with van der Waals surface area (Å²) in [6, 6.07) is 14.3. The number of nitrogens with zero attached hydrogens (tertiary/aromatic N) is 2. The van der Waals surface area contributed by atoms with Crippen LogP contribution in [0.25, 0.3) is 45.9 Å². The molecule has 0 atom stereocenters. The third kappa shape index (κ3) is 4.51. The van der Waals surface area contributed by atoms with Gasteiger partial charge in [-0.25, -0.2) is 9.97 Å². The molecule has 0 aliphatic heterocycles. The summed E-state index contributed by atoms with van der Waals surface area (Å²) in [6.45, 7) is 0. The molecule has 2 aromatic carbocycles. The first-order chi connectivity index (χ1) is 20.9. The minimum atomic E-state index is -4.50. The Balaban J connectivity index is 1.14. The number of aromatic nitrogens is 2. The lowest BCUT2D eigenvalue weighted by Gasteiger charge is -2.06. The number of carbonyl (C=O) groups excluding carboxylic acids is 2. The number of carbonyl (C=O) groups is 2. The van der Waals surface area contributed by atoms with E-state index in [0.717, 1.165) is 24.3 Å². The van der Waals surface area contributed by atoms with E-state index in [1.54, 1.807) is 0 Å². The van der Waals surface area contributed by atoms with E-state index < -0.39 is 46.6 Å². The first-order valence-corrected chi connectivity index (χ1v) is 12.5. The molecular weight excluding hydrogens is 598 g/mol. The number of hydrogen-bond acceptors (Lipinski definition) is 8. The summed E-state index contributed by atoms with van der Waals surface area (Å²) in [4.78, 5) is 34.5. The van der Waals surface area contributed by atoms with Crippen molar-refractivity contribution in [3.63, 3.8) is 0 Å². The van der Waals surface area contributed by atoms with Crippen molar-refractivity contribution in [2.45, 2.75) is 12.4 Å². The predicted octanol–water partition coefficient (Wildman–Crippen LogP) is 8.33. The number of rotatable bonds is 4. The average molecular weight is 610 g/mol. The second kappa shape index (κ2) is 9.42. The van der Waals surface area contributed by atoms with Crippen LogP contribution in [0.15, 0.2) is 90.5 Å². The van der Waals surface area contributed by atoms with Crippen molar-refractivity contribution in [2.24, 2.45) is 0 Å². The highest BCUT2D eigenvalue weighted by Gasteiger charge is 2.41. The minimum absolute atomic E-state index is 0.00606. The van der Waals surface area contributed by atoms with Crippen LogP contribution in [0.1, 0.15) is 43.6 Å². The van der Waals surface area contributed by atoms with Gasteiger partial charge in [0.15, 0.2) is 22.9 Å². The molecule has 44 heavy (non-hydrogen) atoms. The summed E-state index contributed by atoms with van der Waals surface area (Å²) in [5, 5.41) is 0. The largest absolute Gasteiger partial charge is 0.451 e. The molecule has 4 aromatic heterocycles. The molecule has 220 valence electrons. The molecule has 0 spiro atoms. The van der Waals surface area contributed by atoms with Crippen molar-refractivity contribution in [1.82, 2.24) is 9.97 Å². The van der Waals surface area contributed by atoms with Crippen LogP contribution in [0.3, 0.4) is 0 Å². The predicted molar refractivity (Wildman–Crippen MR) is 136 cm³/mol. The Bertz CT molecular complexity index is 1880. The van der Waals surface area contributed by atoms with E-state index in [9.17, 15) is 35.9 Å². The molecule has 6 aromatic rings. The zero-order valence-corrected chi connectivity index (χ0v) is 21.5. The topological polar surface area (TPSA) is 112 Å². The van der Waals surface area contributed by atoms with Crippen LogP contribution in [-0.2, 0) is 12.4 Å². The van der Waals surface area contributed by atoms with Crippen LogP contribution in [0.5, 0.6) is 0 Å². The third-order valence-electron chi connectivity index (χ3n) is 6.72. The molecule has 0 saturated heterocycles. The molecule has 0 fully saturated rings. The Morgan fingerprint density at radius 2 is 0.795 bits per heavy atom. The van der Waals surface area contributed by atoms with Crippen LogP contribution in [-0.4, -0.2) is 21.5 Å². The van der Waals surface area contributed by atoms with E-state index in [1.807, 2.05) is 0 Å². The SMILES string of the molecule is O=C1c2nc(-c3ccc(-c4ccc(C(F)(F)F)cc4)o3)oc2C(=O)c2nc(-c3ccc(-c4ccc(C(F)(F)F)cc4)o3)oc21. The van der Waals surface area contributed by atoms with Crippen molar-refractivity contribution in [3.8, 4) is 45.9 Å². The maximum absolute atomic E-state index is 13.2. The molecule has 1 aliphatic carbocycles. The average Bonchev–Trinajstić information content (AvgIpc) is 3.80. The Morgan fingerprint density at radius 1 is 0.455 bits per heavy atom. The summed E-state index contributed by atoms with van der Waals surface area (Å²) in [6.07, 6.45) is -9.00. The molecule has 0 unspecified atom stereocenters. The van der Waals surface area contributed by atoms with Gasteiger partial charge in [0.2, 0.25) is 11.5 Å². The first kappa shape index (κ1) is 27.2. The third-order valence-corrected chi connectivity index (χ3v) is 6.72. The fraction of sp³-hybridized carbons (Fsp3) is 0.0667. The van der Waals surface area contributed by atoms with Crippen molar-refractivity contribution in [2.75, 3.05) is 0 Å². The summed E-state index contributed by atoms with van der Waals surface area (Å²) >= 11 is 0. The van der Waals surface area contributed by atoms with E-state index in [-0.39, 0.29) is 46.2 Å². The smallest absolute Gasteiger partial charge is 0.416 e. The second-order valence-corrected chi connectivity index (χ2v) is 9.53. The highest BCUT2D eigenvalue weighted by atomic mass is 19.4. The van der Waals surface area contributed by atoms with Gasteiger partial charge in [0.1, 0.15) is 11.5 Å². The van der Waals surface area contributed by atoms with E-state index in [1.165, 1.54) is 48.5 Å². The molecule has 14 heteroatoms. The maximum atomic E-state index is 13.2. The Kier molecular flexibility index (Phi) is 5.82. The molecular formula is C30H12F6N2O6. The maximum Gasteiger partial charge on any atom is 0.416 e. The zero-order chi connectivity index (χ0) is 31.0. The second-order valence-electron chi connectivity index (χ2n) is 9.53. The van der Waals surface area contributed by atoms with Gasteiger partial charge in [-0.15, -0.1) is 0 Å². The van der Waals surface area contributed by atoms with Gasteiger partial charge >= 0.3 is 12.4 Å². The van der Waals surface area contributed by atoms with Gasteiger partial charge < -0.3 is 17.7 Å². The number of fused-ring (bicyclic) bond motifs is 2. The van der Waals surface area contributed by atoms with Gasteiger partial charge in [-0.1, -0.05) is 24.3 Å². The van der Waals surface area contributed by atoms with Gasteiger partial charge in [-0.05, 0) is 48.5 Å². The molecule has 1 aliphatic rings. The summed E-state index contributed by atoms with van der Waals surface area (Å²) < 4.78 is 99.6. The monoisotopic (exact) mass is 610 g/mol. The van der Waals surface area contributed by atoms with Crippen LogP contribution >= 0.6 is 0 Å². The van der Waals surface area contributed by atoms with Crippen LogP contribution < -0.4 is 0 Å². The van der Waals surface area contributed by atoms with E-state index in [2.05, 4.69) is 9.97 Å². The van der Waals surface area contributed by atoms with Crippen molar-refractivity contribution < 1.29 is 53.6 Å². The number of furan rings is 2. The number of hydrogen-bond donors (Lipinski definition) is 0. The molecule has 7 rings (SSSR count). The number of benzene rings is 2. The summed E-state index contributed by atoms with van der Waals surface area (Å²) in [5.74, 6) is -2.54. The zero-order valence-electron chi connectivity index (χ0n) is 21.5. The molecule has 0 radical (unpaired) electrons. The Morgan fingerprint density at radius 3 is 1.14 bits per heavy atom. The highest BCUT2D eigenvalue weighted by molar-refractivity contribution is 6.25. The number of ketones is 2. The van der Waals surface area contributed by atoms with Crippen molar-refractivity contribution in [3.05, 3.63) is 107 Å². The van der Waals surface area contributed by atoms with Crippen LogP contribution in [0.4, 0.5) is 26.3 Å². The standard InChI is InChI=1S/C30H12F6N2O6/c31-29(32,33)15-5-1-13(2-6-15)17-9-11-19(41-17)27-37-21-23(39)26-22(24(40)25(21)43-27)38-28(44-26)20-12-10-18(42-20)14-3-7-16(8-4-14)30(34,35)36/h1-12H. The van der Waals surface area contributed by atoms with Gasteiger partial charge in [-0.3, -0.25) is 9.59 Å². The van der Waals surface area contributed by atoms with Gasteiger partial charge in [0.05, 0.1) is 11.1 Å². The lowest BCUT2D eigenvalue weighted by Crippen LogP contribution is -2.19. The van der Waals surface area contributed by atoms with Crippen molar-refractivity contribution in [1.29, 1.82) is 0 Å². The van der Waals surface area contributed by atoms with Gasteiger partial charge in [0.25, 0.3) is 23.3 Å². The Labute approximate surface area is 240 Å². The fourth-order valence-electron chi connectivity index (χ4n) is 4.54. The van der Waals surface area contributed by atoms with E-state index >= 15 is 0 Å². The first-order valence-electron chi connectivity index (χ1n) is 12.5.